The summed E-state index contributed by atoms with van der Waals surface area (Å²) < 4.78 is 0. The molecular weight excluding hydrogens is 328 g/mol. The van der Waals surface area contributed by atoms with Gasteiger partial charge in [-0.3, -0.25) is 15.1 Å². The molecule has 3 rings (SSSR count). The summed E-state index contributed by atoms with van der Waals surface area (Å²) in [4.78, 5) is 12.0. The molecule has 2 aromatic carbocycles. The monoisotopic (exact) mass is 353 g/mol. The number of aryl methyl sites for hydroxylation is 2. The van der Waals surface area contributed by atoms with Crippen molar-refractivity contribution >= 4 is 11.9 Å². The molecule has 0 amide bonds. The zero-order chi connectivity index (χ0) is 18.5. The van der Waals surface area contributed by atoms with Gasteiger partial charge in [-0.1, -0.05) is 35.9 Å². The number of quaternary nitrogens is 1. The number of nitro benzene ring substituents is 1. The number of benzene rings is 2. The number of nitro groups is 1. The molecule has 1 fully saturated rings. The molecular formula is C20H25N4O2+. The van der Waals surface area contributed by atoms with Gasteiger partial charge in [-0.25, -0.2) is 0 Å². The third-order valence-electron chi connectivity index (χ3n) is 4.84. The van der Waals surface area contributed by atoms with Gasteiger partial charge in [-0.2, -0.15) is 5.10 Å². The molecule has 2 aromatic rings. The Bertz CT molecular complexity index is 811. The molecule has 0 spiro atoms. The van der Waals surface area contributed by atoms with Crippen LogP contribution < -0.4 is 4.90 Å². The molecule has 0 unspecified atom stereocenters. The fourth-order valence-corrected chi connectivity index (χ4v) is 3.28. The van der Waals surface area contributed by atoms with Crippen molar-refractivity contribution in [1.29, 1.82) is 0 Å². The van der Waals surface area contributed by atoms with Gasteiger partial charge < -0.3 is 4.90 Å². The number of nitrogens with one attached hydrogen (secondary N) is 1. The summed E-state index contributed by atoms with van der Waals surface area (Å²) in [5, 5.41) is 17.4. The molecule has 6 heteroatoms. The van der Waals surface area contributed by atoms with Gasteiger partial charge in [0.15, 0.2) is 0 Å². The quantitative estimate of drug-likeness (QED) is 0.508. The van der Waals surface area contributed by atoms with Gasteiger partial charge in [0, 0.05) is 23.3 Å². The SMILES string of the molecule is Cc1ccc(C[NH+]2CCN(/N=C\c3cccc([N+](=O)[O-])c3)CC2)c(C)c1. The van der Waals surface area contributed by atoms with E-state index in [9.17, 15) is 10.1 Å². The van der Waals surface area contributed by atoms with E-state index in [0.717, 1.165) is 38.3 Å². The van der Waals surface area contributed by atoms with Crippen molar-refractivity contribution in [2.24, 2.45) is 5.10 Å². The van der Waals surface area contributed by atoms with Gasteiger partial charge in [0.25, 0.3) is 5.69 Å². The Labute approximate surface area is 153 Å². The van der Waals surface area contributed by atoms with Crippen molar-refractivity contribution in [2.75, 3.05) is 26.2 Å². The molecule has 1 heterocycles. The summed E-state index contributed by atoms with van der Waals surface area (Å²) in [5.74, 6) is 0. The number of rotatable bonds is 5. The highest BCUT2D eigenvalue weighted by Gasteiger charge is 2.19. The van der Waals surface area contributed by atoms with Crippen LogP contribution in [0.1, 0.15) is 22.3 Å². The highest BCUT2D eigenvalue weighted by molar-refractivity contribution is 5.80. The molecule has 26 heavy (non-hydrogen) atoms. The van der Waals surface area contributed by atoms with Gasteiger partial charge in [0.1, 0.15) is 6.54 Å². The molecule has 0 aliphatic carbocycles. The van der Waals surface area contributed by atoms with E-state index in [1.54, 1.807) is 23.2 Å². The number of nitrogens with zero attached hydrogens (tertiary/aromatic N) is 3. The van der Waals surface area contributed by atoms with Crippen molar-refractivity contribution in [2.45, 2.75) is 20.4 Å². The van der Waals surface area contributed by atoms with Crippen LogP contribution in [0.4, 0.5) is 5.69 Å². The van der Waals surface area contributed by atoms with Gasteiger partial charge in [0.2, 0.25) is 0 Å². The van der Waals surface area contributed by atoms with Crippen LogP contribution >= 0.6 is 0 Å². The lowest BCUT2D eigenvalue weighted by molar-refractivity contribution is -0.918. The van der Waals surface area contributed by atoms with Crippen molar-refractivity contribution in [3.05, 3.63) is 74.8 Å². The van der Waals surface area contributed by atoms with Gasteiger partial charge in [-0.15, -0.1) is 0 Å². The zero-order valence-electron chi connectivity index (χ0n) is 15.3. The Hall–Kier alpha value is -2.73. The van der Waals surface area contributed by atoms with Crippen molar-refractivity contribution < 1.29 is 9.82 Å². The fraction of sp³-hybridized carbons (Fsp3) is 0.350. The van der Waals surface area contributed by atoms with E-state index < -0.39 is 0 Å². The van der Waals surface area contributed by atoms with Crippen molar-refractivity contribution in [3.8, 4) is 0 Å². The first-order valence-corrected chi connectivity index (χ1v) is 8.94. The minimum Gasteiger partial charge on any atom is -0.328 e. The van der Waals surface area contributed by atoms with Gasteiger partial charge >= 0.3 is 0 Å². The molecule has 0 saturated carbocycles. The molecule has 1 saturated heterocycles. The second kappa shape index (κ2) is 8.10. The Morgan fingerprint density at radius 2 is 1.96 bits per heavy atom. The minimum atomic E-state index is -0.382. The second-order valence-corrected chi connectivity index (χ2v) is 6.91. The lowest BCUT2D eigenvalue weighted by atomic mass is 10.1. The third kappa shape index (κ3) is 4.67. The lowest BCUT2D eigenvalue weighted by Crippen LogP contribution is -3.13. The summed E-state index contributed by atoms with van der Waals surface area (Å²) >= 11 is 0. The first kappa shape index (κ1) is 18.1. The maximum Gasteiger partial charge on any atom is 0.270 e. The molecule has 0 bridgehead atoms. The second-order valence-electron chi connectivity index (χ2n) is 6.91. The number of non-ortho nitro benzene ring substituents is 1. The summed E-state index contributed by atoms with van der Waals surface area (Å²) in [5.41, 5.74) is 4.94. The van der Waals surface area contributed by atoms with E-state index in [0.29, 0.717) is 0 Å². The molecule has 0 atom stereocenters. The van der Waals surface area contributed by atoms with Crippen LogP contribution in [-0.2, 0) is 6.54 Å². The Kier molecular flexibility index (Phi) is 5.63. The molecule has 1 aliphatic rings. The van der Waals surface area contributed by atoms with Crippen LogP contribution in [0.2, 0.25) is 0 Å². The Morgan fingerprint density at radius 3 is 2.65 bits per heavy atom. The highest BCUT2D eigenvalue weighted by Crippen LogP contribution is 2.12. The number of hydrogen-bond acceptors (Lipinski definition) is 4. The fourth-order valence-electron chi connectivity index (χ4n) is 3.28. The van der Waals surface area contributed by atoms with Crippen LogP contribution in [0, 0.1) is 24.0 Å². The number of piperazine rings is 1. The van der Waals surface area contributed by atoms with Gasteiger partial charge in [0.05, 0.1) is 37.3 Å². The van der Waals surface area contributed by atoms with E-state index in [4.69, 9.17) is 0 Å². The Balaban J connectivity index is 1.53. The summed E-state index contributed by atoms with van der Waals surface area (Å²) in [6, 6.07) is 13.2. The smallest absolute Gasteiger partial charge is 0.270 e. The average molecular weight is 353 g/mol. The molecule has 1 aliphatic heterocycles. The van der Waals surface area contributed by atoms with Crippen molar-refractivity contribution in [3.63, 3.8) is 0 Å². The molecule has 1 N–H and O–H groups in total. The van der Waals surface area contributed by atoms with Crippen LogP contribution in [0.5, 0.6) is 0 Å². The van der Waals surface area contributed by atoms with Crippen LogP contribution in [0.25, 0.3) is 0 Å². The molecule has 0 radical (unpaired) electrons. The van der Waals surface area contributed by atoms with Crippen LogP contribution in [-0.4, -0.2) is 42.3 Å². The topological polar surface area (TPSA) is 63.2 Å². The highest BCUT2D eigenvalue weighted by atomic mass is 16.6. The minimum absolute atomic E-state index is 0.0941. The summed E-state index contributed by atoms with van der Waals surface area (Å²) in [6.45, 7) is 9.23. The number of hydrazone groups is 1. The van der Waals surface area contributed by atoms with E-state index in [2.05, 4.69) is 37.1 Å². The average Bonchev–Trinajstić information content (AvgIpc) is 2.63. The van der Waals surface area contributed by atoms with Gasteiger partial charge in [-0.05, 0) is 19.4 Å². The molecule has 6 nitrogen and oxygen atoms in total. The van der Waals surface area contributed by atoms with Crippen LogP contribution in [0.15, 0.2) is 47.6 Å². The Morgan fingerprint density at radius 1 is 1.19 bits per heavy atom. The van der Waals surface area contributed by atoms with E-state index in [-0.39, 0.29) is 10.6 Å². The van der Waals surface area contributed by atoms with Crippen molar-refractivity contribution in [1.82, 2.24) is 5.01 Å². The molecule has 0 aromatic heterocycles. The number of hydrogen-bond donors (Lipinski definition) is 1. The van der Waals surface area contributed by atoms with E-state index in [1.807, 2.05) is 11.1 Å². The lowest BCUT2D eigenvalue weighted by Gasteiger charge is -2.30. The van der Waals surface area contributed by atoms with E-state index in [1.165, 1.54) is 22.8 Å². The standard InChI is InChI=1S/C20H24N4O2/c1-16-6-7-19(17(2)12-16)15-22-8-10-23(11-9-22)21-14-18-4-3-5-20(13-18)24(25)26/h3-7,12-14H,8-11,15H2,1-2H3/p+1/b21-14-. The molecule has 136 valence electrons. The first-order valence-electron chi connectivity index (χ1n) is 8.94. The maximum atomic E-state index is 10.8. The van der Waals surface area contributed by atoms with Crippen LogP contribution in [0.3, 0.4) is 0 Å². The zero-order valence-corrected chi connectivity index (χ0v) is 15.3. The first-order chi connectivity index (χ1) is 12.5. The summed E-state index contributed by atoms with van der Waals surface area (Å²) in [6.07, 6.45) is 1.71. The predicted octanol–water partition coefficient (Wildman–Crippen LogP) is 1.95. The summed E-state index contributed by atoms with van der Waals surface area (Å²) in [7, 11) is 0. The third-order valence-corrected chi connectivity index (χ3v) is 4.84. The predicted molar refractivity (Wildman–Crippen MR) is 103 cm³/mol. The normalized spacial score (nSPS) is 15.5. The largest absolute Gasteiger partial charge is 0.328 e. The van der Waals surface area contributed by atoms with E-state index >= 15 is 0 Å². The maximum absolute atomic E-state index is 10.8.